The first kappa shape index (κ1) is 23.8. The number of rotatable bonds is 8. The van der Waals surface area contributed by atoms with Gasteiger partial charge in [0.2, 0.25) is 5.91 Å². The number of nitrogens with zero attached hydrogens (tertiary/aromatic N) is 1. The van der Waals surface area contributed by atoms with Crippen molar-refractivity contribution in [3.63, 3.8) is 0 Å². The Balaban J connectivity index is 1.29. The lowest BCUT2D eigenvalue weighted by molar-refractivity contribution is -0.139. The largest absolute Gasteiger partial charge is 0.481 e. The molecule has 2 aliphatic rings. The zero-order chi connectivity index (χ0) is 24.1. The van der Waals surface area contributed by atoms with Crippen molar-refractivity contribution in [1.29, 1.82) is 0 Å². The topological polar surface area (TPSA) is 95.9 Å². The highest BCUT2D eigenvalue weighted by Crippen LogP contribution is 2.44. The maximum Gasteiger partial charge on any atom is 0.407 e. The first-order valence-electron chi connectivity index (χ1n) is 12.0. The number of nitrogens with one attached hydrogen (secondary N) is 1. The zero-order valence-electron chi connectivity index (χ0n) is 19.5. The molecule has 2 amide bonds. The average molecular weight is 465 g/mol. The van der Waals surface area contributed by atoms with E-state index in [1.165, 1.54) is 22.3 Å². The van der Waals surface area contributed by atoms with Gasteiger partial charge in [0.1, 0.15) is 6.61 Å². The number of carboxylic acid groups (broad SMARTS) is 1. The number of benzene rings is 2. The van der Waals surface area contributed by atoms with Gasteiger partial charge < -0.3 is 20.1 Å². The molecular formula is C27H32N2O5. The summed E-state index contributed by atoms with van der Waals surface area (Å²) in [4.78, 5) is 37.7. The van der Waals surface area contributed by atoms with Gasteiger partial charge in [0.25, 0.3) is 0 Å². The normalized spacial score (nSPS) is 19.1. The molecule has 0 spiro atoms. The number of carbonyl (C=O) groups excluding carboxylic acids is 2. The third kappa shape index (κ3) is 5.41. The molecule has 2 N–H and O–H groups in total. The van der Waals surface area contributed by atoms with E-state index >= 15 is 0 Å². The summed E-state index contributed by atoms with van der Waals surface area (Å²) >= 11 is 0. The highest BCUT2D eigenvalue weighted by Gasteiger charge is 2.32. The number of fused-ring (bicyclic) bond motifs is 3. The van der Waals surface area contributed by atoms with Crippen LogP contribution in [0, 0.1) is 5.92 Å². The molecule has 0 radical (unpaired) electrons. The Kier molecular flexibility index (Phi) is 7.50. The maximum absolute atomic E-state index is 12.8. The Bertz CT molecular complexity index is 1010. The van der Waals surface area contributed by atoms with Crippen molar-refractivity contribution in [2.45, 2.75) is 50.5 Å². The number of ether oxygens (including phenoxy) is 1. The number of hydrogen-bond donors (Lipinski definition) is 2. The predicted molar refractivity (Wildman–Crippen MR) is 128 cm³/mol. The number of aliphatic carboxylic acids is 1. The molecule has 2 atom stereocenters. The van der Waals surface area contributed by atoms with Crippen molar-refractivity contribution in [1.82, 2.24) is 10.2 Å². The summed E-state index contributed by atoms with van der Waals surface area (Å²) in [6, 6.07) is 16.3. The minimum Gasteiger partial charge on any atom is -0.481 e. The first-order valence-corrected chi connectivity index (χ1v) is 12.0. The molecule has 0 aromatic heterocycles. The fourth-order valence-electron chi connectivity index (χ4n) is 5.24. The van der Waals surface area contributed by atoms with Crippen molar-refractivity contribution in [2.75, 3.05) is 20.2 Å². The summed E-state index contributed by atoms with van der Waals surface area (Å²) in [5, 5.41) is 11.7. The van der Waals surface area contributed by atoms with Crippen LogP contribution in [0.15, 0.2) is 48.5 Å². The Morgan fingerprint density at radius 2 is 1.68 bits per heavy atom. The minimum absolute atomic E-state index is 0.0123. The molecule has 4 rings (SSSR count). The van der Waals surface area contributed by atoms with E-state index in [1.54, 1.807) is 11.9 Å². The lowest BCUT2D eigenvalue weighted by Crippen LogP contribution is -2.43. The maximum atomic E-state index is 12.8. The second-order valence-corrected chi connectivity index (χ2v) is 9.29. The lowest BCUT2D eigenvalue weighted by atomic mass is 9.85. The van der Waals surface area contributed by atoms with Crippen LogP contribution in [0.2, 0.25) is 0 Å². The second-order valence-electron chi connectivity index (χ2n) is 9.29. The number of alkyl carbamates (subject to hydrolysis) is 1. The zero-order valence-corrected chi connectivity index (χ0v) is 19.5. The van der Waals surface area contributed by atoms with Gasteiger partial charge in [-0.05, 0) is 47.9 Å². The van der Waals surface area contributed by atoms with Crippen LogP contribution < -0.4 is 5.32 Å². The van der Waals surface area contributed by atoms with Gasteiger partial charge in [0.05, 0.1) is 0 Å². The molecule has 0 bridgehead atoms. The lowest BCUT2D eigenvalue weighted by Gasteiger charge is -2.31. The van der Waals surface area contributed by atoms with E-state index in [0.29, 0.717) is 19.4 Å². The SMILES string of the molecule is CN(CCCC(=O)O)C(=O)[C@H]1CCC[C@@H](NC(=O)OCC2c3ccccc3-c3ccccc32)C1. The smallest absolute Gasteiger partial charge is 0.407 e. The van der Waals surface area contributed by atoms with Crippen molar-refractivity contribution in [3.8, 4) is 11.1 Å². The molecule has 0 heterocycles. The average Bonchev–Trinajstić information content (AvgIpc) is 3.16. The molecule has 2 aromatic carbocycles. The highest BCUT2D eigenvalue weighted by atomic mass is 16.5. The van der Waals surface area contributed by atoms with E-state index in [1.807, 2.05) is 24.3 Å². The van der Waals surface area contributed by atoms with Gasteiger partial charge >= 0.3 is 12.1 Å². The Hall–Kier alpha value is -3.35. The van der Waals surface area contributed by atoms with Crippen LogP contribution in [-0.2, 0) is 14.3 Å². The molecule has 2 aromatic rings. The summed E-state index contributed by atoms with van der Waals surface area (Å²) < 4.78 is 5.66. The standard InChI is InChI=1S/C27H32N2O5/c1-29(15-7-14-25(30)31)26(32)18-8-6-9-19(16-18)28-27(33)34-17-24-22-12-4-2-10-20(22)21-11-3-5-13-23(21)24/h2-5,10-13,18-19,24H,6-9,14-17H2,1H3,(H,28,33)(H,30,31)/t18-,19+/m0/s1. The van der Waals surface area contributed by atoms with Gasteiger partial charge in [-0.2, -0.15) is 0 Å². The van der Waals surface area contributed by atoms with E-state index in [4.69, 9.17) is 9.84 Å². The van der Waals surface area contributed by atoms with Crippen LogP contribution in [0.3, 0.4) is 0 Å². The first-order chi connectivity index (χ1) is 16.4. The van der Waals surface area contributed by atoms with Crippen molar-refractivity contribution in [3.05, 3.63) is 59.7 Å². The van der Waals surface area contributed by atoms with Crippen LogP contribution >= 0.6 is 0 Å². The van der Waals surface area contributed by atoms with E-state index < -0.39 is 12.1 Å². The van der Waals surface area contributed by atoms with Crippen LogP contribution in [0.25, 0.3) is 11.1 Å². The molecule has 1 fully saturated rings. The van der Waals surface area contributed by atoms with Gasteiger partial charge in [-0.15, -0.1) is 0 Å². The van der Waals surface area contributed by atoms with Crippen LogP contribution in [0.4, 0.5) is 4.79 Å². The Labute approximate surface area is 200 Å². The van der Waals surface area contributed by atoms with Gasteiger partial charge in [-0.1, -0.05) is 55.0 Å². The molecule has 0 aliphatic heterocycles. The number of carbonyl (C=O) groups is 3. The van der Waals surface area contributed by atoms with Crippen LogP contribution in [0.5, 0.6) is 0 Å². The van der Waals surface area contributed by atoms with Gasteiger partial charge in [0.15, 0.2) is 0 Å². The molecule has 7 nitrogen and oxygen atoms in total. The molecule has 0 unspecified atom stereocenters. The molecule has 1 saturated carbocycles. The van der Waals surface area contributed by atoms with Crippen molar-refractivity contribution < 1.29 is 24.2 Å². The quantitative estimate of drug-likeness (QED) is 0.603. The number of carboxylic acids is 1. The van der Waals surface area contributed by atoms with E-state index in [2.05, 4.69) is 29.6 Å². The molecule has 7 heteroatoms. The highest BCUT2D eigenvalue weighted by molar-refractivity contribution is 5.80. The fraction of sp³-hybridized carbons (Fsp3) is 0.444. The second kappa shape index (κ2) is 10.7. The Morgan fingerprint density at radius 1 is 1.03 bits per heavy atom. The number of hydrogen-bond acceptors (Lipinski definition) is 4. The molecule has 2 aliphatic carbocycles. The third-order valence-corrected chi connectivity index (χ3v) is 6.95. The van der Waals surface area contributed by atoms with Gasteiger partial charge in [0, 0.05) is 37.9 Å². The van der Waals surface area contributed by atoms with E-state index in [9.17, 15) is 14.4 Å². The molecular weight excluding hydrogens is 432 g/mol. The molecule has 180 valence electrons. The van der Waals surface area contributed by atoms with Crippen molar-refractivity contribution in [2.24, 2.45) is 5.92 Å². The molecule has 0 saturated heterocycles. The van der Waals surface area contributed by atoms with Crippen LogP contribution in [-0.4, -0.2) is 54.2 Å². The van der Waals surface area contributed by atoms with Gasteiger partial charge in [-0.3, -0.25) is 9.59 Å². The minimum atomic E-state index is -0.856. The number of amides is 2. The summed E-state index contributed by atoms with van der Waals surface area (Å²) in [7, 11) is 1.72. The van der Waals surface area contributed by atoms with Crippen molar-refractivity contribution >= 4 is 18.0 Å². The summed E-state index contributed by atoms with van der Waals surface area (Å²) in [6.07, 6.45) is 3.07. The summed E-state index contributed by atoms with van der Waals surface area (Å²) in [5.74, 6) is -0.990. The fourth-order valence-corrected chi connectivity index (χ4v) is 5.24. The van der Waals surface area contributed by atoms with E-state index in [0.717, 1.165) is 19.3 Å². The molecule has 34 heavy (non-hydrogen) atoms. The predicted octanol–water partition coefficient (Wildman–Crippen LogP) is 4.41. The van der Waals surface area contributed by atoms with Crippen LogP contribution in [0.1, 0.15) is 55.6 Å². The summed E-state index contributed by atoms with van der Waals surface area (Å²) in [6.45, 7) is 0.688. The monoisotopic (exact) mass is 464 g/mol. The summed E-state index contributed by atoms with van der Waals surface area (Å²) in [5.41, 5.74) is 4.72. The van der Waals surface area contributed by atoms with E-state index in [-0.39, 0.29) is 36.8 Å². The Morgan fingerprint density at radius 3 is 2.32 bits per heavy atom. The van der Waals surface area contributed by atoms with Gasteiger partial charge in [-0.25, -0.2) is 4.79 Å². The third-order valence-electron chi connectivity index (χ3n) is 6.95.